The van der Waals surface area contributed by atoms with E-state index in [-0.39, 0.29) is 27.8 Å². The molecule has 0 radical (unpaired) electrons. The van der Waals surface area contributed by atoms with Crippen LogP contribution >= 0.6 is 28.3 Å². The minimum atomic E-state index is -3.80. The molecule has 0 spiro atoms. The third-order valence-electron chi connectivity index (χ3n) is 2.87. The van der Waals surface area contributed by atoms with Gasteiger partial charge in [-0.1, -0.05) is 6.07 Å². The molecule has 1 aromatic rings. The van der Waals surface area contributed by atoms with Crippen molar-refractivity contribution < 1.29 is 12.8 Å². The Labute approximate surface area is 126 Å². The van der Waals surface area contributed by atoms with Crippen molar-refractivity contribution in [2.75, 3.05) is 13.1 Å². The molecule has 0 amide bonds. The molecule has 1 aromatic carbocycles. The number of nitrogens with one attached hydrogen (secondary N) is 2. The summed E-state index contributed by atoms with van der Waals surface area (Å²) in [6, 6.07) is 4.11. The highest BCUT2D eigenvalue weighted by Gasteiger charge is 2.25. The van der Waals surface area contributed by atoms with Gasteiger partial charge in [0.15, 0.2) is 5.82 Å². The predicted octanol–water partition coefficient (Wildman–Crippen LogP) is 2.04. The van der Waals surface area contributed by atoms with Gasteiger partial charge in [-0.15, -0.1) is 12.4 Å². The van der Waals surface area contributed by atoms with Crippen LogP contribution < -0.4 is 10.0 Å². The van der Waals surface area contributed by atoms with Crippen molar-refractivity contribution >= 4 is 38.4 Å². The topological polar surface area (TPSA) is 58.2 Å². The smallest absolute Gasteiger partial charge is 0.243 e. The number of hydrogen-bond donors (Lipinski definition) is 2. The molecule has 2 rings (SSSR count). The Morgan fingerprint density at radius 1 is 1.32 bits per heavy atom. The van der Waals surface area contributed by atoms with Crippen LogP contribution in [0.25, 0.3) is 0 Å². The van der Waals surface area contributed by atoms with Gasteiger partial charge in [0.2, 0.25) is 10.0 Å². The Hall–Kier alpha value is -0.210. The van der Waals surface area contributed by atoms with Gasteiger partial charge in [-0.2, -0.15) is 0 Å². The predicted molar refractivity (Wildman–Crippen MR) is 77.6 cm³/mol. The van der Waals surface area contributed by atoms with Crippen molar-refractivity contribution in [1.82, 2.24) is 10.0 Å². The van der Waals surface area contributed by atoms with Gasteiger partial charge in [-0.3, -0.25) is 0 Å². The summed E-state index contributed by atoms with van der Waals surface area (Å²) in [5, 5.41) is 3.14. The summed E-state index contributed by atoms with van der Waals surface area (Å²) >= 11 is 2.99. The van der Waals surface area contributed by atoms with Crippen LogP contribution in [0, 0.1) is 5.82 Å². The molecule has 2 N–H and O–H groups in total. The van der Waals surface area contributed by atoms with Gasteiger partial charge in [-0.25, -0.2) is 17.5 Å². The van der Waals surface area contributed by atoms with Crippen LogP contribution in [0.4, 0.5) is 4.39 Å². The number of piperidine rings is 1. The highest BCUT2D eigenvalue weighted by Crippen LogP contribution is 2.22. The van der Waals surface area contributed by atoms with Crippen LogP contribution in [0.1, 0.15) is 12.8 Å². The zero-order chi connectivity index (χ0) is 13.2. The molecule has 8 heteroatoms. The second-order valence-corrected chi connectivity index (χ2v) is 6.73. The van der Waals surface area contributed by atoms with Gasteiger partial charge in [0.05, 0.1) is 4.47 Å². The van der Waals surface area contributed by atoms with E-state index in [9.17, 15) is 12.8 Å². The summed E-state index contributed by atoms with van der Waals surface area (Å²) in [5.74, 6) is -0.751. The lowest BCUT2D eigenvalue weighted by Gasteiger charge is -2.23. The van der Waals surface area contributed by atoms with E-state index in [1.54, 1.807) is 0 Å². The van der Waals surface area contributed by atoms with Crippen LogP contribution in [0.2, 0.25) is 0 Å². The van der Waals surface area contributed by atoms with Crippen LogP contribution in [0.5, 0.6) is 0 Å². The summed E-state index contributed by atoms with van der Waals surface area (Å²) in [6.45, 7) is 1.54. The lowest BCUT2D eigenvalue weighted by molar-refractivity contribution is 0.426. The molecule has 19 heavy (non-hydrogen) atoms. The van der Waals surface area contributed by atoms with Gasteiger partial charge < -0.3 is 5.32 Å². The fourth-order valence-electron chi connectivity index (χ4n) is 1.91. The first-order valence-corrected chi connectivity index (χ1v) is 7.95. The Bertz CT molecular complexity index is 535. The first-order valence-electron chi connectivity index (χ1n) is 5.68. The van der Waals surface area contributed by atoms with E-state index in [2.05, 4.69) is 26.0 Å². The summed E-state index contributed by atoms with van der Waals surface area (Å²) in [4.78, 5) is -0.310. The zero-order valence-corrected chi connectivity index (χ0v) is 13.2. The number of hydrogen-bond acceptors (Lipinski definition) is 3. The number of halogens is 3. The molecule has 4 nitrogen and oxygen atoms in total. The van der Waals surface area contributed by atoms with Crippen molar-refractivity contribution in [3.8, 4) is 0 Å². The van der Waals surface area contributed by atoms with E-state index in [0.717, 1.165) is 25.9 Å². The van der Waals surface area contributed by atoms with E-state index >= 15 is 0 Å². The molecule has 108 valence electrons. The Morgan fingerprint density at radius 3 is 2.58 bits per heavy atom. The second-order valence-electron chi connectivity index (χ2n) is 4.20. The number of sulfonamides is 1. The van der Waals surface area contributed by atoms with Crippen molar-refractivity contribution in [3.63, 3.8) is 0 Å². The molecule has 0 aromatic heterocycles. The van der Waals surface area contributed by atoms with Crippen molar-refractivity contribution in [2.45, 2.75) is 23.8 Å². The van der Waals surface area contributed by atoms with Crippen LogP contribution in [0.3, 0.4) is 0 Å². The molecule has 0 bridgehead atoms. The van der Waals surface area contributed by atoms with Crippen molar-refractivity contribution in [2.24, 2.45) is 0 Å². The fraction of sp³-hybridized carbons (Fsp3) is 0.455. The van der Waals surface area contributed by atoms with Crippen molar-refractivity contribution in [1.29, 1.82) is 0 Å². The van der Waals surface area contributed by atoms with Gasteiger partial charge in [0.25, 0.3) is 0 Å². The number of rotatable bonds is 3. The molecule has 1 aliphatic heterocycles. The van der Waals surface area contributed by atoms with Gasteiger partial charge >= 0.3 is 0 Å². The molecule has 0 unspecified atom stereocenters. The minimum Gasteiger partial charge on any atom is -0.317 e. The zero-order valence-electron chi connectivity index (χ0n) is 10.0. The highest BCUT2D eigenvalue weighted by atomic mass is 79.9. The molecule has 1 saturated heterocycles. The Balaban J connectivity index is 0.00000180. The van der Waals surface area contributed by atoms with Crippen LogP contribution in [-0.4, -0.2) is 27.5 Å². The maximum atomic E-state index is 13.8. The summed E-state index contributed by atoms with van der Waals surface area (Å²) in [5.41, 5.74) is 0. The van der Waals surface area contributed by atoms with E-state index in [4.69, 9.17) is 0 Å². The average molecular weight is 374 g/mol. The third kappa shape index (κ3) is 4.13. The molecule has 1 heterocycles. The van der Waals surface area contributed by atoms with Crippen molar-refractivity contribution in [3.05, 3.63) is 28.5 Å². The molecule has 0 atom stereocenters. The second kappa shape index (κ2) is 6.99. The summed E-state index contributed by atoms with van der Waals surface area (Å²) in [7, 11) is -3.80. The molecular weight excluding hydrogens is 359 g/mol. The Kier molecular flexibility index (Phi) is 6.19. The Morgan fingerprint density at radius 2 is 1.95 bits per heavy atom. The van der Waals surface area contributed by atoms with E-state index in [1.807, 2.05) is 0 Å². The third-order valence-corrected chi connectivity index (χ3v) is 5.02. The lowest BCUT2D eigenvalue weighted by Crippen LogP contribution is -2.42. The van der Waals surface area contributed by atoms with Crippen LogP contribution in [-0.2, 0) is 10.0 Å². The van der Waals surface area contributed by atoms with Gasteiger partial charge in [0.1, 0.15) is 4.90 Å². The quantitative estimate of drug-likeness (QED) is 0.852. The van der Waals surface area contributed by atoms with E-state index in [1.165, 1.54) is 18.2 Å². The first-order chi connectivity index (χ1) is 8.50. The molecule has 0 saturated carbocycles. The SMILES string of the molecule is Cl.O=S(=O)(NC1CCNCC1)c1cccc(Br)c1F. The van der Waals surface area contributed by atoms with E-state index < -0.39 is 15.8 Å². The normalized spacial score (nSPS) is 16.9. The molecule has 0 aliphatic carbocycles. The van der Waals surface area contributed by atoms with Gasteiger partial charge in [-0.05, 0) is 54.0 Å². The molecular formula is C11H15BrClFN2O2S. The maximum Gasteiger partial charge on any atom is 0.243 e. The fourth-order valence-corrected chi connectivity index (χ4v) is 3.82. The standard InChI is InChI=1S/C11H14BrFN2O2S.ClH/c12-9-2-1-3-10(11(9)13)18(16,17)15-8-4-6-14-7-5-8;/h1-3,8,14-15H,4-7H2;1H. The average Bonchev–Trinajstić information content (AvgIpc) is 2.33. The highest BCUT2D eigenvalue weighted by molar-refractivity contribution is 9.10. The maximum absolute atomic E-state index is 13.8. The summed E-state index contributed by atoms with van der Waals surface area (Å²) in [6.07, 6.45) is 1.43. The van der Waals surface area contributed by atoms with Crippen LogP contribution in [0.15, 0.2) is 27.6 Å². The monoisotopic (exact) mass is 372 g/mol. The lowest BCUT2D eigenvalue weighted by atomic mass is 10.1. The molecule has 1 aliphatic rings. The number of benzene rings is 1. The summed E-state index contributed by atoms with van der Waals surface area (Å²) < 4.78 is 40.6. The molecule has 1 fully saturated rings. The largest absolute Gasteiger partial charge is 0.317 e. The van der Waals surface area contributed by atoms with Gasteiger partial charge in [0, 0.05) is 6.04 Å². The first kappa shape index (κ1) is 16.8. The van der Waals surface area contributed by atoms with E-state index in [0.29, 0.717) is 0 Å². The minimum absolute atomic E-state index is 0.